The fourth-order valence-electron chi connectivity index (χ4n) is 2.92. The van der Waals surface area contributed by atoms with E-state index < -0.39 is 18.3 Å². The molecular formula is C16H23FN2O4. The van der Waals surface area contributed by atoms with Crippen molar-refractivity contribution in [3.05, 3.63) is 24.0 Å². The summed E-state index contributed by atoms with van der Waals surface area (Å²) in [6.45, 7) is 3.69. The second kappa shape index (κ2) is 7.44. The molecule has 0 saturated carbocycles. The zero-order valence-corrected chi connectivity index (χ0v) is 12.9. The highest BCUT2D eigenvalue weighted by molar-refractivity contribution is 5.51. The standard InChI is InChI=1S/C16H23FN2O4/c17-12-9-11(1-2-13(12)19-6-4-18-5-7-19)23-10-15-16(21)14(20)3-8-22-15/h1-2,9,14-16,18,20-21H,3-8,10H2. The average Bonchev–Trinajstić information content (AvgIpc) is 2.57. The molecule has 128 valence electrons. The smallest absolute Gasteiger partial charge is 0.150 e. The molecule has 0 aliphatic carbocycles. The van der Waals surface area contributed by atoms with Gasteiger partial charge < -0.3 is 29.9 Å². The molecular weight excluding hydrogens is 303 g/mol. The minimum atomic E-state index is -0.978. The predicted molar refractivity (Wildman–Crippen MR) is 83.3 cm³/mol. The van der Waals surface area contributed by atoms with Gasteiger partial charge in [0.2, 0.25) is 0 Å². The van der Waals surface area contributed by atoms with Crippen molar-refractivity contribution in [1.82, 2.24) is 5.32 Å². The monoisotopic (exact) mass is 326 g/mol. The number of aliphatic hydroxyl groups excluding tert-OH is 2. The van der Waals surface area contributed by atoms with E-state index >= 15 is 0 Å². The number of hydrogen-bond donors (Lipinski definition) is 3. The van der Waals surface area contributed by atoms with Crippen LogP contribution >= 0.6 is 0 Å². The van der Waals surface area contributed by atoms with Crippen LogP contribution in [-0.2, 0) is 4.74 Å². The molecule has 1 aromatic rings. The third-order valence-corrected chi connectivity index (χ3v) is 4.31. The lowest BCUT2D eigenvalue weighted by Gasteiger charge is -2.32. The van der Waals surface area contributed by atoms with Gasteiger partial charge in [0.1, 0.15) is 30.4 Å². The number of anilines is 1. The molecule has 23 heavy (non-hydrogen) atoms. The summed E-state index contributed by atoms with van der Waals surface area (Å²) in [6, 6.07) is 4.78. The van der Waals surface area contributed by atoms with Crippen molar-refractivity contribution in [3.63, 3.8) is 0 Å². The molecule has 7 heteroatoms. The van der Waals surface area contributed by atoms with Crippen molar-refractivity contribution in [2.45, 2.75) is 24.7 Å². The Balaban J connectivity index is 1.59. The summed E-state index contributed by atoms with van der Waals surface area (Å²) >= 11 is 0. The summed E-state index contributed by atoms with van der Waals surface area (Å²) < 4.78 is 25.2. The first kappa shape index (κ1) is 16.4. The molecule has 2 saturated heterocycles. The Hall–Kier alpha value is -1.41. The number of nitrogens with one attached hydrogen (secondary N) is 1. The maximum Gasteiger partial charge on any atom is 0.150 e. The normalized spacial score (nSPS) is 28.7. The fourth-order valence-corrected chi connectivity index (χ4v) is 2.92. The number of piperazine rings is 1. The van der Waals surface area contributed by atoms with Gasteiger partial charge in [-0.2, -0.15) is 0 Å². The lowest BCUT2D eigenvalue weighted by Crippen LogP contribution is -2.47. The number of benzene rings is 1. The fraction of sp³-hybridized carbons (Fsp3) is 0.625. The van der Waals surface area contributed by atoms with Crippen LogP contribution in [0, 0.1) is 5.82 Å². The van der Waals surface area contributed by atoms with Crippen molar-refractivity contribution < 1.29 is 24.1 Å². The van der Waals surface area contributed by atoms with Gasteiger partial charge in [-0.1, -0.05) is 0 Å². The van der Waals surface area contributed by atoms with Crippen LogP contribution in [0.3, 0.4) is 0 Å². The Morgan fingerprint density at radius 3 is 2.83 bits per heavy atom. The number of halogens is 1. The summed E-state index contributed by atoms with van der Waals surface area (Å²) in [5.74, 6) is 0.0618. The van der Waals surface area contributed by atoms with E-state index in [2.05, 4.69) is 5.32 Å². The first-order chi connectivity index (χ1) is 11.1. The molecule has 3 unspecified atom stereocenters. The molecule has 2 heterocycles. The first-order valence-corrected chi connectivity index (χ1v) is 8.01. The maximum absolute atomic E-state index is 14.3. The van der Waals surface area contributed by atoms with E-state index in [1.807, 2.05) is 4.90 Å². The van der Waals surface area contributed by atoms with Crippen LogP contribution < -0.4 is 15.0 Å². The molecule has 2 aliphatic heterocycles. The largest absolute Gasteiger partial charge is 0.491 e. The highest BCUT2D eigenvalue weighted by Gasteiger charge is 2.32. The molecule has 0 spiro atoms. The lowest BCUT2D eigenvalue weighted by atomic mass is 10.0. The van der Waals surface area contributed by atoms with E-state index in [-0.39, 0.29) is 12.4 Å². The van der Waals surface area contributed by atoms with Crippen LogP contribution in [0.5, 0.6) is 5.75 Å². The molecule has 2 aliphatic rings. The summed E-state index contributed by atoms with van der Waals surface area (Å²) in [6.07, 6.45) is -1.97. The van der Waals surface area contributed by atoms with Gasteiger partial charge in [0.25, 0.3) is 0 Å². The maximum atomic E-state index is 14.3. The van der Waals surface area contributed by atoms with E-state index in [4.69, 9.17) is 9.47 Å². The van der Waals surface area contributed by atoms with Crippen LogP contribution in [0.2, 0.25) is 0 Å². The van der Waals surface area contributed by atoms with Crippen molar-refractivity contribution in [1.29, 1.82) is 0 Å². The molecule has 0 amide bonds. The van der Waals surface area contributed by atoms with Gasteiger partial charge >= 0.3 is 0 Å². The molecule has 3 N–H and O–H groups in total. The third kappa shape index (κ3) is 3.92. The van der Waals surface area contributed by atoms with E-state index in [1.165, 1.54) is 6.07 Å². The highest BCUT2D eigenvalue weighted by atomic mass is 19.1. The topological polar surface area (TPSA) is 74.2 Å². The second-order valence-electron chi connectivity index (χ2n) is 5.92. The van der Waals surface area contributed by atoms with Crippen molar-refractivity contribution in [3.8, 4) is 5.75 Å². The van der Waals surface area contributed by atoms with Crippen molar-refractivity contribution >= 4 is 5.69 Å². The van der Waals surface area contributed by atoms with Gasteiger partial charge in [-0.3, -0.25) is 0 Å². The van der Waals surface area contributed by atoms with Crippen LogP contribution in [0.4, 0.5) is 10.1 Å². The van der Waals surface area contributed by atoms with E-state index in [9.17, 15) is 14.6 Å². The second-order valence-corrected chi connectivity index (χ2v) is 5.92. The molecule has 0 aromatic heterocycles. The van der Waals surface area contributed by atoms with Gasteiger partial charge in [0, 0.05) is 38.9 Å². The zero-order valence-electron chi connectivity index (χ0n) is 12.9. The van der Waals surface area contributed by atoms with Gasteiger partial charge in [0.15, 0.2) is 0 Å². The summed E-state index contributed by atoms with van der Waals surface area (Å²) in [5.41, 5.74) is 0.572. The van der Waals surface area contributed by atoms with E-state index in [0.717, 1.165) is 26.2 Å². The molecule has 0 bridgehead atoms. The Morgan fingerprint density at radius 2 is 2.09 bits per heavy atom. The lowest BCUT2D eigenvalue weighted by molar-refractivity contribution is -0.144. The van der Waals surface area contributed by atoms with E-state index in [1.54, 1.807) is 12.1 Å². The highest BCUT2D eigenvalue weighted by Crippen LogP contribution is 2.25. The van der Waals surface area contributed by atoms with Gasteiger partial charge in [-0.05, 0) is 18.6 Å². The summed E-state index contributed by atoms with van der Waals surface area (Å²) in [7, 11) is 0. The van der Waals surface area contributed by atoms with Crippen molar-refractivity contribution in [2.75, 3.05) is 44.3 Å². The average molecular weight is 326 g/mol. The molecule has 6 nitrogen and oxygen atoms in total. The minimum absolute atomic E-state index is 0.0741. The number of hydrogen-bond acceptors (Lipinski definition) is 6. The van der Waals surface area contributed by atoms with Crippen molar-refractivity contribution in [2.24, 2.45) is 0 Å². The Labute approximate surface area is 134 Å². The molecule has 3 rings (SSSR count). The molecule has 1 aromatic carbocycles. The number of ether oxygens (including phenoxy) is 2. The zero-order chi connectivity index (χ0) is 16.2. The van der Waals surface area contributed by atoms with Crippen LogP contribution in [-0.4, -0.2) is 67.9 Å². The summed E-state index contributed by atoms with van der Waals surface area (Å²) in [5, 5.41) is 22.7. The Kier molecular flexibility index (Phi) is 5.32. The number of rotatable bonds is 4. The van der Waals surface area contributed by atoms with Crippen LogP contribution in [0.25, 0.3) is 0 Å². The molecule has 2 fully saturated rings. The van der Waals surface area contributed by atoms with Gasteiger partial charge in [-0.15, -0.1) is 0 Å². The van der Waals surface area contributed by atoms with Gasteiger partial charge in [0.05, 0.1) is 11.8 Å². The molecule has 3 atom stereocenters. The Morgan fingerprint density at radius 1 is 1.30 bits per heavy atom. The first-order valence-electron chi connectivity index (χ1n) is 8.01. The number of nitrogens with zero attached hydrogens (tertiary/aromatic N) is 1. The molecule has 0 radical (unpaired) electrons. The predicted octanol–water partition coefficient (Wildman–Crippen LogP) is 0.125. The summed E-state index contributed by atoms with van der Waals surface area (Å²) in [4.78, 5) is 2.00. The van der Waals surface area contributed by atoms with Gasteiger partial charge in [-0.25, -0.2) is 4.39 Å². The van der Waals surface area contributed by atoms with Crippen LogP contribution in [0.1, 0.15) is 6.42 Å². The third-order valence-electron chi connectivity index (χ3n) is 4.31. The van der Waals surface area contributed by atoms with Crippen LogP contribution in [0.15, 0.2) is 18.2 Å². The Bertz CT molecular complexity index is 525. The minimum Gasteiger partial charge on any atom is -0.491 e. The number of aliphatic hydroxyl groups is 2. The van der Waals surface area contributed by atoms with E-state index in [0.29, 0.717) is 24.5 Å². The quantitative estimate of drug-likeness (QED) is 0.730. The SMILES string of the molecule is OC1CCOC(COc2ccc(N3CCNCC3)c(F)c2)C1O.